The number of halogens is 1. The molecule has 0 atom stereocenters. The van der Waals surface area contributed by atoms with Crippen LogP contribution in [0.2, 0.25) is 0 Å². The highest BCUT2D eigenvalue weighted by atomic mass is 79.9. The maximum Gasteiger partial charge on any atom is 0.117 e. The lowest BCUT2D eigenvalue weighted by atomic mass is 10.1. The zero-order chi connectivity index (χ0) is 15.5. The molecule has 0 radical (unpaired) electrons. The number of aromatic nitrogens is 1. The second-order valence-electron chi connectivity index (χ2n) is 5.32. The Morgan fingerprint density at radius 3 is 2.64 bits per heavy atom. The first-order valence-corrected chi connectivity index (χ1v) is 8.00. The summed E-state index contributed by atoms with van der Waals surface area (Å²) in [5.41, 5.74) is 4.10. The fourth-order valence-corrected chi connectivity index (χ4v) is 2.75. The van der Waals surface area contributed by atoms with Crippen molar-refractivity contribution < 1.29 is 5.11 Å². The highest BCUT2D eigenvalue weighted by molar-refractivity contribution is 9.10. The van der Waals surface area contributed by atoms with Crippen LogP contribution in [0.15, 0.2) is 53.0 Å². The summed E-state index contributed by atoms with van der Waals surface area (Å²) in [4.78, 5) is 4.47. The van der Waals surface area contributed by atoms with Crippen molar-refractivity contribution in [2.75, 3.05) is 11.9 Å². The molecule has 0 unspecified atom stereocenters. The summed E-state index contributed by atoms with van der Waals surface area (Å²) in [5.74, 6) is 0.242. The van der Waals surface area contributed by atoms with Crippen LogP contribution in [0.25, 0.3) is 10.9 Å². The van der Waals surface area contributed by atoms with Gasteiger partial charge in [-0.25, -0.2) is 0 Å². The Labute approximate surface area is 138 Å². The molecular formula is C18H17BrN2O. The minimum Gasteiger partial charge on any atom is -0.508 e. The number of phenols is 1. The summed E-state index contributed by atoms with van der Waals surface area (Å²) in [5, 5.41) is 14.1. The Bertz CT molecular complexity index is 795. The van der Waals surface area contributed by atoms with Crippen LogP contribution in [0.1, 0.15) is 11.3 Å². The third kappa shape index (κ3) is 3.39. The Morgan fingerprint density at radius 2 is 1.86 bits per heavy atom. The molecule has 0 aliphatic rings. The number of benzene rings is 2. The molecule has 3 rings (SSSR count). The van der Waals surface area contributed by atoms with Crippen LogP contribution in [-0.2, 0) is 6.42 Å². The molecule has 3 aromatic rings. The van der Waals surface area contributed by atoms with Gasteiger partial charge in [0, 0.05) is 33.9 Å². The number of nitrogens with one attached hydrogen (secondary N) is 1. The molecule has 22 heavy (non-hydrogen) atoms. The molecule has 0 aliphatic carbocycles. The smallest absolute Gasteiger partial charge is 0.117 e. The van der Waals surface area contributed by atoms with Gasteiger partial charge in [-0.2, -0.15) is 0 Å². The van der Waals surface area contributed by atoms with Crippen molar-refractivity contribution in [1.29, 1.82) is 0 Å². The molecule has 1 aromatic heterocycles. The van der Waals surface area contributed by atoms with Gasteiger partial charge in [0.15, 0.2) is 0 Å². The fraction of sp³-hybridized carbons (Fsp3) is 0.167. The number of pyridine rings is 1. The van der Waals surface area contributed by atoms with Gasteiger partial charge >= 0.3 is 0 Å². The number of phenolic OH excluding ortho intramolecular Hbond substituents is 1. The van der Waals surface area contributed by atoms with Crippen molar-refractivity contribution >= 4 is 32.5 Å². The maximum atomic E-state index is 9.59. The van der Waals surface area contributed by atoms with Crippen molar-refractivity contribution in [3.05, 3.63) is 64.3 Å². The van der Waals surface area contributed by atoms with Gasteiger partial charge in [0.25, 0.3) is 0 Å². The van der Waals surface area contributed by atoms with Crippen molar-refractivity contribution in [3.8, 4) is 5.75 Å². The average molecular weight is 357 g/mol. The molecule has 0 amide bonds. The van der Waals surface area contributed by atoms with Gasteiger partial charge in [-0.3, -0.25) is 4.98 Å². The van der Waals surface area contributed by atoms with Crippen molar-refractivity contribution in [2.24, 2.45) is 0 Å². The molecule has 112 valence electrons. The Morgan fingerprint density at radius 1 is 1.09 bits per heavy atom. The number of rotatable bonds is 4. The highest BCUT2D eigenvalue weighted by Gasteiger charge is 2.05. The van der Waals surface area contributed by atoms with Crippen molar-refractivity contribution in [2.45, 2.75) is 13.3 Å². The Kier molecular flexibility index (Phi) is 4.29. The number of hydrogen-bond donors (Lipinski definition) is 2. The molecule has 2 N–H and O–H groups in total. The van der Waals surface area contributed by atoms with Gasteiger partial charge < -0.3 is 10.4 Å². The van der Waals surface area contributed by atoms with E-state index < -0.39 is 0 Å². The molecule has 2 aromatic carbocycles. The molecule has 3 nitrogen and oxygen atoms in total. The predicted molar refractivity (Wildman–Crippen MR) is 94.5 cm³/mol. The number of fused-ring (bicyclic) bond motifs is 1. The van der Waals surface area contributed by atoms with Crippen LogP contribution in [0, 0.1) is 6.92 Å². The highest BCUT2D eigenvalue weighted by Crippen LogP contribution is 2.26. The zero-order valence-corrected chi connectivity index (χ0v) is 13.9. The number of anilines is 1. The van der Waals surface area contributed by atoms with Gasteiger partial charge in [-0.15, -0.1) is 0 Å². The summed E-state index contributed by atoms with van der Waals surface area (Å²) in [6, 6.07) is 15.7. The van der Waals surface area contributed by atoms with Crippen molar-refractivity contribution in [3.63, 3.8) is 0 Å². The van der Waals surface area contributed by atoms with E-state index in [-0.39, 0.29) is 5.75 Å². The van der Waals surface area contributed by atoms with E-state index in [4.69, 9.17) is 0 Å². The first kappa shape index (κ1) is 14.9. The quantitative estimate of drug-likeness (QED) is 0.714. The monoisotopic (exact) mass is 356 g/mol. The average Bonchev–Trinajstić information content (AvgIpc) is 2.48. The van der Waals surface area contributed by atoms with Crippen LogP contribution in [0.4, 0.5) is 5.69 Å². The lowest BCUT2D eigenvalue weighted by Crippen LogP contribution is -2.06. The molecule has 0 aliphatic heterocycles. The first-order chi connectivity index (χ1) is 10.6. The lowest BCUT2D eigenvalue weighted by Gasteiger charge is -2.11. The molecule has 4 heteroatoms. The summed E-state index contributed by atoms with van der Waals surface area (Å²) >= 11 is 3.45. The number of nitrogens with zero attached hydrogens (tertiary/aromatic N) is 1. The maximum absolute atomic E-state index is 9.59. The number of aromatic hydroxyl groups is 1. The summed E-state index contributed by atoms with van der Waals surface area (Å²) in [6.07, 6.45) is 0.953. The van der Waals surface area contributed by atoms with E-state index in [1.807, 2.05) is 19.1 Å². The minimum absolute atomic E-state index is 0.242. The van der Waals surface area contributed by atoms with Gasteiger partial charge in [-0.05, 0) is 49.2 Å². The molecule has 1 heterocycles. The van der Waals surface area contributed by atoms with E-state index >= 15 is 0 Å². The fourth-order valence-electron chi connectivity index (χ4n) is 2.49. The Hall–Kier alpha value is -2.07. The zero-order valence-electron chi connectivity index (χ0n) is 12.3. The third-order valence-electron chi connectivity index (χ3n) is 3.56. The predicted octanol–water partition coefficient (Wildman–Crippen LogP) is 4.67. The number of hydrogen-bond acceptors (Lipinski definition) is 3. The van der Waals surface area contributed by atoms with E-state index in [1.54, 1.807) is 12.1 Å². The van der Waals surface area contributed by atoms with Gasteiger partial charge in [-0.1, -0.05) is 28.1 Å². The lowest BCUT2D eigenvalue weighted by molar-refractivity contribution is 0.476. The number of aryl methyl sites for hydroxylation is 1. The topological polar surface area (TPSA) is 45.1 Å². The SMILES string of the molecule is Cc1cc(NCCc2ccc(Br)cc2)c2ccc(O)cc2n1. The van der Waals surface area contributed by atoms with E-state index in [9.17, 15) is 5.11 Å². The van der Waals surface area contributed by atoms with Crippen LogP contribution in [0.3, 0.4) is 0 Å². The molecule has 0 bridgehead atoms. The van der Waals surface area contributed by atoms with Gasteiger partial charge in [0.1, 0.15) is 5.75 Å². The van der Waals surface area contributed by atoms with Crippen LogP contribution < -0.4 is 5.32 Å². The second-order valence-corrected chi connectivity index (χ2v) is 6.23. The summed E-state index contributed by atoms with van der Waals surface area (Å²) in [6.45, 7) is 2.81. The van der Waals surface area contributed by atoms with E-state index in [0.717, 1.165) is 39.7 Å². The molecule has 0 saturated heterocycles. The van der Waals surface area contributed by atoms with Crippen LogP contribution in [0.5, 0.6) is 5.75 Å². The summed E-state index contributed by atoms with van der Waals surface area (Å²) in [7, 11) is 0. The Balaban J connectivity index is 1.77. The first-order valence-electron chi connectivity index (χ1n) is 7.20. The molecule has 0 spiro atoms. The van der Waals surface area contributed by atoms with E-state index in [2.05, 4.69) is 50.5 Å². The largest absolute Gasteiger partial charge is 0.508 e. The van der Waals surface area contributed by atoms with Gasteiger partial charge in [0.2, 0.25) is 0 Å². The van der Waals surface area contributed by atoms with Crippen LogP contribution >= 0.6 is 15.9 Å². The van der Waals surface area contributed by atoms with Gasteiger partial charge in [0.05, 0.1) is 5.52 Å². The molecule has 0 saturated carbocycles. The molecule has 0 fully saturated rings. The summed E-state index contributed by atoms with van der Waals surface area (Å²) < 4.78 is 1.10. The minimum atomic E-state index is 0.242. The van der Waals surface area contributed by atoms with Crippen LogP contribution in [-0.4, -0.2) is 16.6 Å². The third-order valence-corrected chi connectivity index (χ3v) is 4.09. The van der Waals surface area contributed by atoms with E-state index in [0.29, 0.717) is 0 Å². The normalized spacial score (nSPS) is 10.8. The standard InChI is InChI=1S/C18H17BrN2O/c1-12-10-17(16-7-6-15(22)11-18(16)21-12)20-9-8-13-2-4-14(19)5-3-13/h2-7,10-11,22H,8-9H2,1H3,(H,20,21). The van der Waals surface area contributed by atoms with E-state index in [1.165, 1.54) is 5.56 Å². The van der Waals surface area contributed by atoms with Crippen molar-refractivity contribution in [1.82, 2.24) is 4.98 Å². The molecular weight excluding hydrogens is 340 g/mol. The second kappa shape index (κ2) is 6.36.